The van der Waals surface area contributed by atoms with Crippen molar-refractivity contribution in [2.45, 2.75) is 18.6 Å². The van der Waals surface area contributed by atoms with E-state index in [1.54, 1.807) is 18.2 Å². The predicted octanol–water partition coefficient (Wildman–Crippen LogP) is 2.90. The molecule has 2 aromatic rings. The van der Waals surface area contributed by atoms with Gasteiger partial charge in [-0.1, -0.05) is 35.9 Å². The molecule has 2 N–H and O–H groups in total. The molecule has 1 aliphatic carbocycles. The van der Waals surface area contributed by atoms with Gasteiger partial charge in [-0.2, -0.15) is 0 Å². The van der Waals surface area contributed by atoms with Gasteiger partial charge >= 0.3 is 6.09 Å². The number of aliphatic hydroxyl groups excluding tert-OH is 1. The van der Waals surface area contributed by atoms with Crippen LogP contribution in [-0.4, -0.2) is 27.2 Å². The number of nitro benzene ring substituents is 2. The first-order valence-corrected chi connectivity index (χ1v) is 8.02. The Kier molecular flexibility index (Phi) is 4.93. The molecule has 0 radical (unpaired) electrons. The Bertz CT molecular complexity index is 914. The molecular formula is C16H12ClN3O7. The van der Waals surface area contributed by atoms with E-state index >= 15 is 0 Å². The van der Waals surface area contributed by atoms with Crippen molar-refractivity contribution in [2.75, 3.05) is 0 Å². The molecule has 0 unspecified atom stereocenters. The van der Waals surface area contributed by atoms with Gasteiger partial charge < -0.3 is 15.2 Å². The number of hydrogen-bond donors (Lipinski definition) is 2. The van der Waals surface area contributed by atoms with E-state index in [1.165, 1.54) is 0 Å². The topological polar surface area (TPSA) is 145 Å². The van der Waals surface area contributed by atoms with Crippen LogP contribution in [0, 0.1) is 20.2 Å². The Morgan fingerprint density at radius 1 is 1.19 bits per heavy atom. The molecule has 0 saturated heterocycles. The van der Waals surface area contributed by atoms with Crippen LogP contribution < -0.4 is 10.1 Å². The van der Waals surface area contributed by atoms with E-state index in [9.17, 15) is 30.1 Å². The number of ether oxygens (including phenoxy) is 1. The molecule has 0 spiro atoms. The molecule has 3 rings (SSSR count). The van der Waals surface area contributed by atoms with Crippen LogP contribution in [0.3, 0.4) is 0 Å². The molecule has 1 aliphatic rings. The van der Waals surface area contributed by atoms with Gasteiger partial charge in [-0.05, 0) is 11.1 Å². The zero-order valence-corrected chi connectivity index (χ0v) is 14.3. The molecule has 0 saturated carbocycles. The van der Waals surface area contributed by atoms with Crippen molar-refractivity contribution in [3.8, 4) is 5.75 Å². The number of benzene rings is 2. The van der Waals surface area contributed by atoms with Crippen LogP contribution in [0.4, 0.5) is 16.2 Å². The molecule has 0 aromatic heterocycles. The first kappa shape index (κ1) is 18.5. The van der Waals surface area contributed by atoms with Crippen LogP contribution >= 0.6 is 11.6 Å². The fraction of sp³-hybridized carbons (Fsp3) is 0.188. The molecule has 140 valence electrons. The summed E-state index contributed by atoms with van der Waals surface area (Å²) in [5.41, 5.74) is 0.0583. The van der Waals surface area contributed by atoms with Crippen molar-refractivity contribution in [1.29, 1.82) is 0 Å². The summed E-state index contributed by atoms with van der Waals surface area (Å²) in [4.78, 5) is 32.3. The second-order valence-corrected chi connectivity index (χ2v) is 6.15. The van der Waals surface area contributed by atoms with Crippen molar-refractivity contribution in [1.82, 2.24) is 5.32 Å². The number of nitro groups is 2. The zero-order valence-electron chi connectivity index (χ0n) is 13.5. The number of hydrogen-bond acceptors (Lipinski definition) is 7. The second kappa shape index (κ2) is 7.17. The molecule has 0 bridgehead atoms. The van der Waals surface area contributed by atoms with Crippen LogP contribution in [0.15, 0.2) is 36.4 Å². The van der Waals surface area contributed by atoms with Gasteiger partial charge in [0, 0.05) is 6.42 Å². The normalized spacial score (nSPS) is 17.9. The molecule has 0 fully saturated rings. The van der Waals surface area contributed by atoms with E-state index in [1.807, 2.05) is 6.07 Å². The summed E-state index contributed by atoms with van der Waals surface area (Å²) in [7, 11) is 0. The lowest BCUT2D eigenvalue weighted by Gasteiger charge is -2.17. The van der Waals surface area contributed by atoms with Crippen LogP contribution in [-0.2, 0) is 6.42 Å². The Labute approximate surface area is 156 Å². The SMILES string of the molecule is O=C(N[C@@H]1c2ccccc2C[C@@H]1O)Oc1cc([N+](=O)[O-])c(Cl)c([N+](=O)[O-])c1. The summed E-state index contributed by atoms with van der Waals surface area (Å²) in [5.74, 6) is -0.420. The number of rotatable bonds is 4. The maximum Gasteiger partial charge on any atom is 0.413 e. The number of nitrogens with one attached hydrogen (secondary N) is 1. The van der Waals surface area contributed by atoms with Gasteiger partial charge in [-0.3, -0.25) is 20.2 Å². The third-order valence-electron chi connectivity index (χ3n) is 4.09. The lowest BCUT2D eigenvalue weighted by Crippen LogP contribution is -2.35. The number of nitrogens with zero attached hydrogens (tertiary/aromatic N) is 2. The molecule has 2 atom stereocenters. The van der Waals surface area contributed by atoms with Gasteiger partial charge in [0.25, 0.3) is 11.4 Å². The highest BCUT2D eigenvalue weighted by Crippen LogP contribution is 2.38. The Morgan fingerprint density at radius 3 is 2.37 bits per heavy atom. The summed E-state index contributed by atoms with van der Waals surface area (Å²) in [6, 6.07) is 8.01. The van der Waals surface area contributed by atoms with Crippen LogP contribution in [0.2, 0.25) is 5.02 Å². The summed E-state index contributed by atoms with van der Waals surface area (Å²) >= 11 is 5.65. The van der Waals surface area contributed by atoms with Crippen molar-refractivity contribution in [2.24, 2.45) is 0 Å². The third-order valence-corrected chi connectivity index (χ3v) is 4.48. The van der Waals surface area contributed by atoms with Gasteiger partial charge in [0.05, 0.1) is 34.1 Å². The molecule has 11 heteroatoms. The molecular weight excluding hydrogens is 382 g/mol. The predicted molar refractivity (Wildman–Crippen MR) is 92.8 cm³/mol. The fourth-order valence-electron chi connectivity index (χ4n) is 2.91. The van der Waals surface area contributed by atoms with Gasteiger partial charge in [-0.25, -0.2) is 4.79 Å². The van der Waals surface area contributed by atoms with Crippen LogP contribution in [0.25, 0.3) is 0 Å². The summed E-state index contributed by atoms with van der Waals surface area (Å²) in [5, 5.41) is 33.9. The fourth-order valence-corrected chi connectivity index (χ4v) is 3.15. The van der Waals surface area contributed by atoms with Gasteiger partial charge in [0.15, 0.2) is 5.02 Å². The minimum atomic E-state index is -1.03. The Morgan fingerprint density at radius 2 is 1.78 bits per heavy atom. The van der Waals surface area contributed by atoms with Crippen molar-refractivity contribution < 1.29 is 24.5 Å². The number of carbonyl (C=O) groups is 1. The number of fused-ring (bicyclic) bond motifs is 1. The number of carbonyl (C=O) groups excluding carboxylic acids is 1. The van der Waals surface area contributed by atoms with Gasteiger partial charge in [0.2, 0.25) is 0 Å². The number of halogens is 1. The van der Waals surface area contributed by atoms with Crippen molar-refractivity contribution in [3.63, 3.8) is 0 Å². The number of aliphatic hydroxyl groups is 1. The highest BCUT2D eigenvalue weighted by Gasteiger charge is 2.33. The van der Waals surface area contributed by atoms with E-state index in [0.717, 1.165) is 23.3 Å². The molecule has 27 heavy (non-hydrogen) atoms. The Hall–Kier alpha value is -3.24. The summed E-state index contributed by atoms with van der Waals surface area (Å²) < 4.78 is 4.95. The van der Waals surface area contributed by atoms with Crippen molar-refractivity contribution >= 4 is 29.1 Å². The highest BCUT2D eigenvalue weighted by molar-refractivity contribution is 6.34. The quantitative estimate of drug-likeness (QED) is 0.599. The first-order valence-electron chi connectivity index (χ1n) is 7.64. The molecule has 0 heterocycles. The average Bonchev–Trinajstić information content (AvgIpc) is 2.91. The number of amides is 1. The maximum absolute atomic E-state index is 12.2. The molecule has 1 amide bonds. The van der Waals surface area contributed by atoms with Gasteiger partial charge in [-0.15, -0.1) is 0 Å². The summed E-state index contributed by atoms with van der Waals surface area (Å²) in [6.45, 7) is 0. The second-order valence-electron chi connectivity index (χ2n) is 5.77. The largest absolute Gasteiger partial charge is 0.413 e. The minimum absolute atomic E-state index is 0.346. The maximum atomic E-state index is 12.2. The lowest BCUT2D eigenvalue weighted by atomic mass is 10.1. The highest BCUT2D eigenvalue weighted by atomic mass is 35.5. The third kappa shape index (κ3) is 3.66. The smallest absolute Gasteiger partial charge is 0.410 e. The van der Waals surface area contributed by atoms with E-state index < -0.39 is 50.2 Å². The van der Waals surface area contributed by atoms with Crippen LogP contribution in [0.5, 0.6) is 5.75 Å². The average molecular weight is 394 g/mol. The monoisotopic (exact) mass is 393 g/mol. The zero-order chi connectivity index (χ0) is 19.7. The Balaban J connectivity index is 1.82. The lowest BCUT2D eigenvalue weighted by molar-refractivity contribution is -0.394. The van der Waals surface area contributed by atoms with E-state index in [-0.39, 0.29) is 0 Å². The molecule has 10 nitrogen and oxygen atoms in total. The van der Waals surface area contributed by atoms with Crippen molar-refractivity contribution in [3.05, 3.63) is 72.8 Å². The standard InChI is InChI=1S/C16H12ClN3O7/c17-14-11(19(23)24)6-9(7-12(14)20(25)26)27-16(22)18-15-10-4-2-1-3-8(10)5-13(15)21/h1-4,6-7,13,15,21H,5H2,(H,18,22)/t13-,15+/m0/s1. The summed E-state index contributed by atoms with van der Waals surface area (Å²) in [6.07, 6.45) is -1.55. The van der Waals surface area contributed by atoms with Gasteiger partial charge in [0.1, 0.15) is 5.75 Å². The van der Waals surface area contributed by atoms with Crippen LogP contribution in [0.1, 0.15) is 17.2 Å². The molecule has 2 aromatic carbocycles. The van der Waals surface area contributed by atoms with E-state index in [2.05, 4.69) is 5.32 Å². The molecule has 0 aliphatic heterocycles. The first-order chi connectivity index (χ1) is 12.8. The van der Waals surface area contributed by atoms with E-state index in [4.69, 9.17) is 16.3 Å². The van der Waals surface area contributed by atoms with E-state index in [0.29, 0.717) is 6.42 Å². The minimum Gasteiger partial charge on any atom is -0.410 e.